The van der Waals surface area contributed by atoms with Crippen LogP contribution in [-0.2, 0) is 0 Å². The molecule has 28 heavy (non-hydrogen) atoms. The first-order valence-corrected chi connectivity index (χ1v) is 11.4. The van der Waals surface area contributed by atoms with E-state index in [4.69, 9.17) is 0 Å². The van der Waals surface area contributed by atoms with E-state index in [0.717, 1.165) is 0 Å². The fourth-order valence-corrected chi connectivity index (χ4v) is 8.07. The van der Waals surface area contributed by atoms with Crippen molar-refractivity contribution in [3.8, 4) is 0 Å². The molecule has 0 amide bonds. The second kappa shape index (κ2) is 8.00. The van der Waals surface area contributed by atoms with Gasteiger partial charge in [0.1, 0.15) is 28.5 Å². The highest BCUT2D eigenvalue weighted by Gasteiger charge is 2.47. The zero-order chi connectivity index (χ0) is 19.4. The van der Waals surface area contributed by atoms with Gasteiger partial charge in [-0.05, 0) is 60.7 Å². The van der Waals surface area contributed by atoms with Crippen LogP contribution in [0.25, 0.3) is 0 Å². The highest BCUT2D eigenvalue weighted by atomic mass is 31.2. The molecule has 4 rings (SSSR count). The Kier molecular flexibility index (Phi) is 5.28. The molecule has 0 saturated carbocycles. The van der Waals surface area contributed by atoms with E-state index in [9.17, 15) is 0 Å². The van der Waals surface area contributed by atoms with E-state index in [1.807, 2.05) is 0 Å². The molecule has 138 valence electrons. The molecular formula is C26H25NP+. The maximum atomic E-state index is 2.32. The molecule has 0 heterocycles. The number of benzene rings is 4. The standard InChI is InChI=1S/C26H25NP/c1-27(2)22-18-20-26(21-19-22)28(23-12-6-3-7-13-23,24-14-8-4-9-15-24)25-16-10-5-11-17-25/h3-21H,1-2H3/q+1. The molecule has 0 atom stereocenters. The van der Waals surface area contributed by atoms with Crippen molar-refractivity contribution in [2.24, 2.45) is 0 Å². The number of nitrogens with zero attached hydrogens (tertiary/aromatic N) is 1. The minimum atomic E-state index is -1.97. The summed E-state index contributed by atoms with van der Waals surface area (Å²) >= 11 is 0. The third-order valence-corrected chi connectivity index (χ3v) is 9.47. The topological polar surface area (TPSA) is 3.24 Å². The molecule has 0 radical (unpaired) electrons. The molecule has 0 unspecified atom stereocenters. The van der Waals surface area contributed by atoms with E-state index in [1.54, 1.807) is 0 Å². The molecule has 0 bridgehead atoms. The van der Waals surface area contributed by atoms with Crippen LogP contribution >= 0.6 is 7.26 Å². The van der Waals surface area contributed by atoms with Crippen molar-refractivity contribution in [2.45, 2.75) is 0 Å². The first-order chi connectivity index (χ1) is 13.7. The molecule has 0 fully saturated rings. The lowest BCUT2D eigenvalue weighted by Gasteiger charge is -2.28. The average Bonchev–Trinajstić information content (AvgIpc) is 2.77. The van der Waals surface area contributed by atoms with E-state index in [-0.39, 0.29) is 0 Å². The number of rotatable bonds is 5. The molecule has 0 saturated heterocycles. The van der Waals surface area contributed by atoms with Crippen LogP contribution in [0.3, 0.4) is 0 Å². The molecular weight excluding hydrogens is 357 g/mol. The van der Waals surface area contributed by atoms with Gasteiger partial charge < -0.3 is 4.90 Å². The maximum Gasteiger partial charge on any atom is 0.144 e. The van der Waals surface area contributed by atoms with Crippen LogP contribution in [0, 0.1) is 0 Å². The van der Waals surface area contributed by atoms with Gasteiger partial charge in [0, 0.05) is 19.8 Å². The van der Waals surface area contributed by atoms with Crippen molar-refractivity contribution in [1.29, 1.82) is 0 Å². The van der Waals surface area contributed by atoms with E-state index in [0.29, 0.717) is 0 Å². The quantitative estimate of drug-likeness (QED) is 0.463. The lowest BCUT2D eigenvalue weighted by molar-refractivity contribution is 1.13. The van der Waals surface area contributed by atoms with Gasteiger partial charge in [-0.2, -0.15) is 0 Å². The van der Waals surface area contributed by atoms with Gasteiger partial charge in [-0.1, -0.05) is 54.6 Å². The SMILES string of the molecule is CN(C)c1ccc([P+](c2ccccc2)(c2ccccc2)c2ccccc2)cc1. The predicted octanol–water partition coefficient (Wildman–Crippen LogP) is 4.37. The third-order valence-electron chi connectivity index (χ3n) is 5.18. The average molecular weight is 382 g/mol. The van der Waals surface area contributed by atoms with Crippen molar-refractivity contribution in [1.82, 2.24) is 0 Å². The highest BCUT2D eigenvalue weighted by molar-refractivity contribution is 8.01. The predicted molar refractivity (Wildman–Crippen MR) is 126 cm³/mol. The van der Waals surface area contributed by atoms with Gasteiger partial charge >= 0.3 is 0 Å². The van der Waals surface area contributed by atoms with Crippen molar-refractivity contribution >= 4 is 34.2 Å². The van der Waals surface area contributed by atoms with Crippen LogP contribution in [0.1, 0.15) is 0 Å². The molecule has 4 aromatic carbocycles. The molecule has 0 aromatic heterocycles. The Morgan fingerprint density at radius 1 is 0.429 bits per heavy atom. The van der Waals surface area contributed by atoms with E-state index in [2.05, 4.69) is 134 Å². The van der Waals surface area contributed by atoms with Crippen molar-refractivity contribution in [2.75, 3.05) is 19.0 Å². The smallest absolute Gasteiger partial charge is 0.144 e. The number of anilines is 1. The summed E-state index contributed by atoms with van der Waals surface area (Å²) in [6, 6.07) is 42.1. The van der Waals surface area contributed by atoms with Crippen LogP contribution in [0.4, 0.5) is 5.69 Å². The summed E-state index contributed by atoms with van der Waals surface area (Å²) in [4.78, 5) is 2.15. The van der Waals surface area contributed by atoms with Crippen molar-refractivity contribution < 1.29 is 0 Å². The summed E-state index contributed by atoms with van der Waals surface area (Å²) in [5.41, 5.74) is 1.22. The van der Waals surface area contributed by atoms with Gasteiger partial charge in [0.25, 0.3) is 0 Å². The Bertz CT molecular complexity index is 914. The van der Waals surface area contributed by atoms with E-state index in [1.165, 1.54) is 26.9 Å². The molecule has 0 aliphatic carbocycles. The van der Waals surface area contributed by atoms with Crippen LogP contribution < -0.4 is 26.1 Å². The molecule has 0 aliphatic heterocycles. The van der Waals surface area contributed by atoms with E-state index >= 15 is 0 Å². The Morgan fingerprint density at radius 2 is 0.750 bits per heavy atom. The van der Waals surface area contributed by atoms with Gasteiger partial charge in [0.15, 0.2) is 0 Å². The van der Waals surface area contributed by atoms with Gasteiger partial charge in [-0.25, -0.2) is 0 Å². The minimum Gasteiger partial charge on any atom is -0.378 e. The lowest BCUT2D eigenvalue weighted by Crippen LogP contribution is -2.38. The van der Waals surface area contributed by atoms with Crippen LogP contribution in [0.2, 0.25) is 0 Å². The fraction of sp³-hybridized carbons (Fsp3) is 0.0769. The summed E-state index contributed by atoms with van der Waals surface area (Å²) in [7, 11) is 2.20. The Balaban J connectivity index is 2.07. The van der Waals surface area contributed by atoms with Crippen molar-refractivity contribution in [3.05, 3.63) is 115 Å². The van der Waals surface area contributed by atoms with Crippen LogP contribution in [0.5, 0.6) is 0 Å². The van der Waals surface area contributed by atoms with Gasteiger partial charge in [0.2, 0.25) is 0 Å². The Labute approximate surface area is 168 Å². The number of hydrogen-bond acceptors (Lipinski definition) is 1. The lowest BCUT2D eigenvalue weighted by atomic mass is 10.3. The molecule has 0 spiro atoms. The Hall–Kier alpha value is -2.89. The van der Waals surface area contributed by atoms with Gasteiger partial charge in [0.05, 0.1) is 0 Å². The zero-order valence-electron chi connectivity index (χ0n) is 16.4. The van der Waals surface area contributed by atoms with Crippen molar-refractivity contribution in [3.63, 3.8) is 0 Å². The van der Waals surface area contributed by atoms with E-state index < -0.39 is 7.26 Å². The largest absolute Gasteiger partial charge is 0.378 e. The minimum absolute atomic E-state index is 1.22. The molecule has 0 aliphatic rings. The molecule has 0 N–H and O–H groups in total. The zero-order valence-corrected chi connectivity index (χ0v) is 17.3. The van der Waals surface area contributed by atoms with Crippen LogP contribution in [0.15, 0.2) is 115 Å². The normalized spacial score (nSPS) is 11.2. The third kappa shape index (κ3) is 3.23. The summed E-state index contributed by atoms with van der Waals surface area (Å²) in [5, 5.41) is 5.52. The maximum absolute atomic E-state index is 2.32. The molecule has 2 heteroatoms. The Morgan fingerprint density at radius 3 is 1.07 bits per heavy atom. The second-order valence-electron chi connectivity index (χ2n) is 7.09. The fourth-order valence-electron chi connectivity index (χ4n) is 3.82. The van der Waals surface area contributed by atoms with Gasteiger partial charge in [-0.15, -0.1) is 0 Å². The monoisotopic (exact) mass is 382 g/mol. The highest BCUT2D eigenvalue weighted by Crippen LogP contribution is 2.54. The first-order valence-electron chi connectivity index (χ1n) is 9.57. The van der Waals surface area contributed by atoms with Gasteiger partial charge in [-0.3, -0.25) is 0 Å². The summed E-state index contributed by atoms with van der Waals surface area (Å²) < 4.78 is 0. The summed E-state index contributed by atoms with van der Waals surface area (Å²) in [6.07, 6.45) is 0. The first kappa shape index (κ1) is 18.5. The second-order valence-corrected chi connectivity index (χ2v) is 10.5. The van der Waals surface area contributed by atoms with Crippen LogP contribution in [-0.4, -0.2) is 14.1 Å². The number of hydrogen-bond donors (Lipinski definition) is 0. The summed E-state index contributed by atoms with van der Waals surface area (Å²) in [6.45, 7) is 0. The molecule has 4 aromatic rings. The summed E-state index contributed by atoms with van der Waals surface area (Å²) in [5.74, 6) is 0. The molecule has 1 nitrogen and oxygen atoms in total.